The first-order valence-corrected chi connectivity index (χ1v) is 9.64. The number of allylic oxidation sites excluding steroid dienone is 1. The van der Waals surface area contributed by atoms with Crippen LogP contribution in [0.4, 0.5) is 0 Å². The van der Waals surface area contributed by atoms with Gasteiger partial charge in [-0.25, -0.2) is 0 Å². The molecule has 0 saturated heterocycles. The van der Waals surface area contributed by atoms with E-state index in [2.05, 4.69) is 19.1 Å². The normalized spacial score (nSPS) is 35.1. The molecule has 3 rings (SSSR count). The summed E-state index contributed by atoms with van der Waals surface area (Å²) in [5, 5.41) is 0. The van der Waals surface area contributed by atoms with Gasteiger partial charge in [-0.15, -0.1) is 0 Å². The van der Waals surface area contributed by atoms with Crippen molar-refractivity contribution in [3.8, 4) is 0 Å². The molecule has 2 unspecified atom stereocenters. The molecule has 3 aliphatic rings. The molecular weight excluding hydrogens is 268 g/mol. The maximum atomic E-state index is 6.87. The molecular formula is C20H34N2. The molecule has 2 nitrogen and oxygen atoms in total. The van der Waals surface area contributed by atoms with Crippen molar-refractivity contribution < 1.29 is 0 Å². The monoisotopic (exact) mass is 302 g/mol. The van der Waals surface area contributed by atoms with Gasteiger partial charge in [-0.2, -0.15) is 0 Å². The number of hydrogen-bond acceptors (Lipinski definition) is 2. The van der Waals surface area contributed by atoms with E-state index in [1.807, 2.05) is 0 Å². The van der Waals surface area contributed by atoms with Gasteiger partial charge < -0.3 is 11.5 Å². The second kappa shape index (κ2) is 6.78. The fourth-order valence-electron chi connectivity index (χ4n) is 5.39. The summed E-state index contributed by atoms with van der Waals surface area (Å²) in [5.74, 6) is 1.37. The van der Waals surface area contributed by atoms with Gasteiger partial charge in [-0.1, -0.05) is 57.6 Å². The molecule has 2 fully saturated rings. The molecule has 0 aromatic rings. The van der Waals surface area contributed by atoms with E-state index in [0.717, 1.165) is 12.3 Å². The summed E-state index contributed by atoms with van der Waals surface area (Å²) in [5.41, 5.74) is 16.0. The molecule has 3 aliphatic carbocycles. The Balaban J connectivity index is 1.94. The highest BCUT2D eigenvalue weighted by Gasteiger charge is 2.43. The molecule has 0 heterocycles. The van der Waals surface area contributed by atoms with Crippen molar-refractivity contribution in [3.63, 3.8) is 0 Å². The second-order valence-electron chi connectivity index (χ2n) is 7.82. The lowest BCUT2D eigenvalue weighted by atomic mass is 9.61. The van der Waals surface area contributed by atoms with Crippen molar-refractivity contribution in [1.29, 1.82) is 0 Å². The minimum atomic E-state index is 0.0614. The lowest BCUT2D eigenvalue weighted by Gasteiger charge is -2.46. The van der Waals surface area contributed by atoms with Crippen LogP contribution >= 0.6 is 0 Å². The van der Waals surface area contributed by atoms with Gasteiger partial charge in [-0.3, -0.25) is 0 Å². The fourth-order valence-corrected chi connectivity index (χ4v) is 5.39. The van der Waals surface area contributed by atoms with Gasteiger partial charge in [0.15, 0.2) is 0 Å². The van der Waals surface area contributed by atoms with Crippen LogP contribution in [-0.4, -0.2) is 6.04 Å². The summed E-state index contributed by atoms with van der Waals surface area (Å²) in [6.45, 7) is 2.32. The zero-order chi connectivity index (χ0) is 15.6. The Hall–Kier alpha value is -0.760. The van der Waals surface area contributed by atoms with Crippen LogP contribution < -0.4 is 11.5 Å². The molecule has 2 atom stereocenters. The van der Waals surface area contributed by atoms with E-state index in [1.165, 1.54) is 75.5 Å². The average Bonchev–Trinajstić information content (AvgIpc) is 2.57. The molecule has 4 N–H and O–H groups in total. The summed E-state index contributed by atoms with van der Waals surface area (Å²) >= 11 is 0. The first kappa shape index (κ1) is 16.1. The van der Waals surface area contributed by atoms with Gasteiger partial charge in [0.1, 0.15) is 0 Å². The quantitative estimate of drug-likeness (QED) is 0.745. The molecule has 0 spiro atoms. The van der Waals surface area contributed by atoms with Crippen molar-refractivity contribution in [2.24, 2.45) is 28.7 Å². The Morgan fingerprint density at radius 1 is 1.00 bits per heavy atom. The van der Waals surface area contributed by atoms with E-state index < -0.39 is 0 Å². The first-order valence-electron chi connectivity index (χ1n) is 9.64. The highest BCUT2D eigenvalue weighted by Crippen LogP contribution is 2.50. The molecule has 0 aliphatic heterocycles. The molecule has 0 aromatic heterocycles. The molecule has 2 heteroatoms. The second-order valence-corrected chi connectivity index (χ2v) is 7.82. The Bertz CT molecular complexity index is 439. The Kier molecular flexibility index (Phi) is 4.97. The van der Waals surface area contributed by atoms with Crippen molar-refractivity contribution in [2.75, 3.05) is 0 Å². The van der Waals surface area contributed by atoms with E-state index in [1.54, 1.807) is 0 Å². The predicted octanol–water partition coefficient (Wildman–Crippen LogP) is 4.65. The van der Waals surface area contributed by atoms with Crippen molar-refractivity contribution in [2.45, 2.75) is 83.6 Å². The Morgan fingerprint density at radius 2 is 1.59 bits per heavy atom. The molecule has 2 saturated carbocycles. The SMILES string of the molecule is CCC1(C2CCCCC2)C=CC(N)C(C2CCCCC2)=C1N. The van der Waals surface area contributed by atoms with Crippen LogP contribution in [0.3, 0.4) is 0 Å². The van der Waals surface area contributed by atoms with Gasteiger partial charge in [0.25, 0.3) is 0 Å². The largest absolute Gasteiger partial charge is 0.401 e. The maximum Gasteiger partial charge on any atom is 0.0463 e. The van der Waals surface area contributed by atoms with Gasteiger partial charge in [0, 0.05) is 17.2 Å². The standard InChI is InChI=1S/C20H34N2/c1-2-20(16-11-7-4-8-12-16)14-13-17(21)18(19(20)22)15-9-5-3-6-10-15/h13-17H,2-12,21-22H2,1H3. The third-order valence-electron chi connectivity index (χ3n) is 6.74. The van der Waals surface area contributed by atoms with Crippen LogP contribution in [0.5, 0.6) is 0 Å². The molecule has 22 heavy (non-hydrogen) atoms. The highest BCUT2D eigenvalue weighted by atomic mass is 14.7. The zero-order valence-corrected chi connectivity index (χ0v) is 14.3. The minimum Gasteiger partial charge on any atom is -0.401 e. The smallest absolute Gasteiger partial charge is 0.0463 e. The average molecular weight is 303 g/mol. The summed E-state index contributed by atoms with van der Waals surface area (Å²) in [7, 11) is 0. The van der Waals surface area contributed by atoms with Crippen molar-refractivity contribution in [3.05, 3.63) is 23.4 Å². The number of nitrogens with two attached hydrogens (primary N) is 2. The molecule has 0 radical (unpaired) electrons. The van der Waals surface area contributed by atoms with Crippen LogP contribution in [0, 0.1) is 17.3 Å². The molecule has 0 aromatic carbocycles. The van der Waals surface area contributed by atoms with Gasteiger partial charge in [0.2, 0.25) is 0 Å². The van der Waals surface area contributed by atoms with Crippen LogP contribution in [0.25, 0.3) is 0 Å². The van der Waals surface area contributed by atoms with Crippen molar-refractivity contribution >= 4 is 0 Å². The zero-order valence-electron chi connectivity index (χ0n) is 14.3. The summed E-state index contributed by atoms with van der Waals surface area (Å²) in [4.78, 5) is 0. The molecule has 124 valence electrons. The predicted molar refractivity (Wildman–Crippen MR) is 94.2 cm³/mol. The van der Waals surface area contributed by atoms with Crippen LogP contribution in [0.15, 0.2) is 23.4 Å². The van der Waals surface area contributed by atoms with Gasteiger partial charge in [0.05, 0.1) is 0 Å². The Labute approximate surface area is 136 Å². The molecule has 0 bridgehead atoms. The summed E-state index contributed by atoms with van der Waals surface area (Å²) in [6.07, 6.45) is 19.3. The maximum absolute atomic E-state index is 6.87. The van der Waals surface area contributed by atoms with E-state index in [-0.39, 0.29) is 11.5 Å². The van der Waals surface area contributed by atoms with E-state index >= 15 is 0 Å². The number of rotatable bonds is 3. The first-order chi connectivity index (χ1) is 10.7. The Morgan fingerprint density at radius 3 is 2.18 bits per heavy atom. The summed E-state index contributed by atoms with van der Waals surface area (Å²) in [6, 6.07) is 0.0614. The van der Waals surface area contributed by atoms with E-state index in [4.69, 9.17) is 11.5 Å². The lowest BCUT2D eigenvalue weighted by Crippen LogP contribution is -2.43. The lowest BCUT2D eigenvalue weighted by molar-refractivity contribution is 0.191. The fraction of sp³-hybridized carbons (Fsp3) is 0.800. The van der Waals surface area contributed by atoms with Gasteiger partial charge in [-0.05, 0) is 49.5 Å². The number of hydrogen-bond donors (Lipinski definition) is 2. The minimum absolute atomic E-state index is 0.0614. The van der Waals surface area contributed by atoms with Crippen LogP contribution in [0.2, 0.25) is 0 Å². The van der Waals surface area contributed by atoms with Gasteiger partial charge >= 0.3 is 0 Å². The highest BCUT2D eigenvalue weighted by molar-refractivity contribution is 5.38. The topological polar surface area (TPSA) is 52.0 Å². The third-order valence-corrected chi connectivity index (χ3v) is 6.74. The van der Waals surface area contributed by atoms with Crippen LogP contribution in [0.1, 0.15) is 77.6 Å². The third kappa shape index (κ3) is 2.75. The summed E-state index contributed by atoms with van der Waals surface area (Å²) < 4.78 is 0. The van der Waals surface area contributed by atoms with Crippen LogP contribution in [-0.2, 0) is 0 Å². The van der Waals surface area contributed by atoms with E-state index in [9.17, 15) is 0 Å². The van der Waals surface area contributed by atoms with Crippen molar-refractivity contribution in [1.82, 2.24) is 0 Å². The van der Waals surface area contributed by atoms with E-state index in [0.29, 0.717) is 5.92 Å². The molecule has 0 amide bonds.